The van der Waals surface area contributed by atoms with E-state index in [2.05, 4.69) is 32.9 Å². The molecule has 2 unspecified atom stereocenters. The Hall–Kier alpha value is -1.98. The van der Waals surface area contributed by atoms with E-state index in [1.807, 2.05) is 0 Å². The summed E-state index contributed by atoms with van der Waals surface area (Å²) in [5.41, 5.74) is 4.12. The van der Waals surface area contributed by atoms with Crippen LogP contribution in [0.4, 0.5) is 17.6 Å². The molecule has 3 aromatic rings. The van der Waals surface area contributed by atoms with Crippen molar-refractivity contribution in [2.24, 2.45) is 5.73 Å². The average Bonchev–Trinajstić information content (AvgIpc) is 2.71. The lowest BCUT2D eigenvalue weighted by Gasteiger charge is -2.40. The highest BCUT2D eigenvalue weighted by Gasteiger charge is 2.45. The number of alkyl halides is 4. The number of hydrogen-bond acceptors (Lipinski definition) is 2. The normalized spacial score (nSPS) is 14.5. The van der Waals surface area contributed by atoms with Crippen molar-refractivity contribution in [1.82, 2.24) is 10.3 Å². The van der Waals surface area contributed by atoms with Crippen LogP contribution in [0.5, 0.6) is 0 Å². The Morgan fingerprint density at radius 3 is 2.26 bits per heavy atom. The fourth-order valence-electron chi connectivity index (χ4n) is 3.28. The SMILES string of the molecule is NC(=S)NC(c1cc(F)cc(C(F)(F)F)c1)(c1ccc(Cl)cn1)C(I)c1ccccc1. The number of nitrogens with two attached hydrogens (primary N) is 1. The molecule has 2 atom stereocenters. The van der Waals surface area contributed by atoms with Gasteiger partial charge in [0.25, 0.3) is 0 Å². The molecule has 3 rings (SSSR count). The minimum absolute atomic E-state index is 0.0364. The van der Waals surface area contributed by atoms with Gasteiger partial charge in [-0.05, 0) is 53.7 Å². The Morgan fingerprint density at radius 1 is 1.06 bits per heavy atom. The van der Waals surface area contributed by atoms with Crippen LogP contribution in [0.2, 0.25) is 5.02 Å². The van der Waals surface area contributed by atoms with Crippen LogP contribution < -0.4 is 11.1 Å². The standard InChI is InChI=1S/C21H15ClF4IN3S/c22-15-6-7-17(29-11-15)20(30-19(28)31,18(27)12-4-2-1-3-5-12)13-8-14(21(24,25)26)10-16(23)9-13/h1-11,18H,(H3,28,30,31). The summed E-state index contributed by atoms with van der Waals surface area (Å²) in [6.45, 7) is 0. The van der Waals surface area contributed by atoms with Crippen LogP contribution >= 0.6 is 46.4 Å². The molecule has 0 aliphatic rings. The van der Waals surface area contributed by atoms with Crippen molar-refractivity contribution in [2.75, 3.05) is 0 Å². The number of hydrogen-bond donors (Lipinski definition) is 2. The lowest BCUT2D eigenvalue weighted by Crippen LogP contribution is -2.52. The third-order valence-corrected chi connectivity index (χ3v) is 6.58. The largest absolute Gasteiger partial charge is 0.416 e. The number of benzene rings is 2. The molecule has 0 radical (unpaired) electrons. The van der Waals surface area contributed by atoms with E-state index in [0.29, 0.717) is 11.1 Å². The molecule has 0 saturated heterocycles. The van der Waals surface area contributed by atoms with E-state index in [4.69, 9.17) is 29.6 Å². The van der Waals surface area contributed by atoms with Crippen LogP contribution in [0.1, 0.15) is 26.3 Å². The molecule has 3 nitrogen and oxygen atoms in total. The summed E-state index contributed by atoms with van der Waals surface area (Å²) in [5.74, 6) is -1.05. The Bertz CT molecular complexity index is 1080. The second-order valence-corrected chi connectivity index (χ2v) is 8.78. The van der Waals surface area contributed by atoms with Gasteiger partial charge >= 0.3 is 6.18 Å². The van der Waals surface area contributed by atoms with E-state index in [-0.39, 0.29) is 16.4 Å². The topological polar surface area (TPSA) is 50.9 Å². The Balaban J connectivity index is 2.38. The molecular weight excluding hydrogens is 565 g/mol. The highest BCUT2D eigenvalue weighted by molar-refractivity contribution is 14.1. The summed E-state index contributed by atoms with van der Waals surface area (Å²) in [6, 6.07) is 14.4. The van der Waals surface area contributed by atoms with Crippen LogP contribution in [0.25, 0.3) is 0 Å². The molecule has 0 fully saturated rings. The van der Waals surface area contributed by atoms with Crippen molar-refractivity contribution >= 4 is 51.5 Å². The van der Waals surface area contributed by atoms with Crippen molar-refractivity contribution in [1.29, 1.82) is 0 Å². The number of nitrogens with one attached hydrogen (secondary N) is 1. The summed E-state index contributed by atoms with van der Waals surface area (Å²) in [7, 11) is 0. The molecule has 0 amide bonds. The van der Waals surface area contributed by atoms with Crippen LogP contribution in [0.15, 0.2) is 66.9 Å². The van der Waals surface area contributed by atoms with E-state index in [0.717, 1.165) is 17.7 Å². The molecule has 0 saturated carbocycles. The molecule has 1 aromatic heterocycles. The summed E-state index contributed by atoms with van der Waals surface area (Å²) < 4.78 is 54.4. The first kappa shape index (κ1) is 23.7. The zero-order valence-corrected chi connectivity index (χ0v) is 19.4. The van der Waals surface area contributed by atoms with Crippen molar-refractivity contribution in [3.63, 3.8) is 0 Å². The van der Waals surface area contributed by atoms with E-state index >= 15 is 0 Å². The minimum Gasteiger partial charge on any atom is -0.376 e. The smallest absolute Gasteiger partial charge is 0.376 e. The number of rotatable bonds is 5. The van der Waals surface area contributed by atoms with Gasteiger partial charge in [-0.25, -0.2) is 4.39 Å². The number of nitrogens with zero attached hydrogens (tertiary/aromatic N) is 1. The van der Waals surface area contributed by atoms with Gasteiger partial charge in [-0.3, -0.25) is 4.98 Å². The minimum atomic E-state index is -4.76. The predicted molar refractivity (Wildman–Crippen MR) is 125 cm³/mol. The maximum Gasteiger partial charge on any atom is 0.416 e. The Kier molecular flexibility index (Phi) is 7.07. The first-order chi connectivity index (χ1) is 14.5. The fourth-order valence-corrected chi connectivity index (χ4v) is 4.80. The van der Waals surface area contributed by atoms with Crippen molar-refractivity contribution < 1.29 is 17.6 Å². The molecule has 31 heavy (non-hydrogen) atoms. The number of thiocarbonyl (C=S) groups is 1. The van der Waals surface area contributed by atoms with Gasteiger partial charge in [0, 0.05) is 6.20 Å². The lowest BCUT2D eigenvalue weighted by molar-refractivity contribution is -0.137. The highest BCUT2D eigenvalue weighted by Crippen LogP contribution is 2.47. The van der Waals surface area contributed by atoms with Crippen molar-refractivity contribution in [3.8, 4) is 0 Å². The summed E-state index contributed by atoms with van der Waals surface area (Å²) in [6.07, 6.45) is -3.40. The van der Waals surface area contributed by atoms with E-state index < -0.39 is 27.0 Å². The van der Waals surface area contributed by atoms with Gasteiger partial charge in [0.05, 0.1) is 20.2 Å². The molecule has 10 heteroatoms. The van der Waals surface area contributed by atoms with Crippen LogP contribution in [0, 0.1) is 5.82 Å². The third kappa shape index (κ3) is 5.09. The second kappa shape index (κ2) is 9.25. The molecule has 0 spiro atoms. The molecule has 2 aromatic carbocycles. The van der Waals surface area contributed by atoms with Gasteiger partial charge in [0.2, 0.25) is 0 Å². The molecule has 0 bridgehead atoms. The summed E-state index contributed by atoms with van der Waals surface area (Å²) >= 11 is 13.1. The fraction of sp³-hybridized carbons (Fsp3) is 0.143. The lowest BCUT2D eigenvalue weighted by atomic mass is 9.79. The average molecular weight is 580 g/mol. The molecule has 3 N–H and O–H groups in total. The van der Waals surface area contributed by atoms with E-state index in [9.17, 15) is 17.6 Å². The van der Waals surface area contributed by atoms with Gasteiger partial charge in [0.15, 0.2) is 5.11 Å². The molecule has 162 valence electrons. The van der Waals surface area contributed by atoms with E-state index in [1.54, 1.807) is 36.4 Å². The number of halogens is 6. The third-order valence-electron chi connectivity index (χ3n) is 4.60. The number of aromatic nitrogens is 1. The van der Waals surface area contributed by atoms with Gasteiger partial charge < -0.3 is 11.1 Å². The van der Waals surface area contributed by atoms with Crippen LogP contribution in [-0.4, -0.2) is 10.1 Å². The molecule has 0 aliphatic heterocycles. The summed E-state index contributed by atoms with van der Waals surface area (Å²) in [5, 5.41) is 3.05. The van der Waals surface area contributed by atoms with Gasteiger partial charge in [0.1, 0.15) is 11.4 Å². The van der Waals surface area contributed by atoms with E-state index in [1.165, 1.54) is 12.3 Å². The maximum atomic E-state index is 14.4. The molecular formula is C21H15ClF4IN3S. The monoisotopic (exact) mass is 579 g/mol. The highest BCUT2D eigenvalue weighted by atomic mass is 127. The van der Waals surface area contributed by atoms with Crippen molar-refractivity contribution in [2.45, 2.75) is 15.6 Å². The summed E-state index contributed by atoms with van der Waals surface area (Å²) in [4.78, 5) is 4.33. The zero-order valence-electron chi connectivity index (χ0n) is 15.6. The van der Waals surface area contributed by atoms with Crippen LogP contribution in [-0.2, 0) is 11.7 Å². The van der Waals surface area contributed by atoms with Gasteiger partial charge in [-0.2, -0.15) is 13.2 Å². The van der Waals surface area contributed by atoms with Gasteiger partial charge in [-0.15, -0.1) is 0 Å². The second-order valence-electron chi connectivity index (χ2n) is 6.66. The molecule has 1 heterocycles. The molecule has 0 aliphatic carbocycles. The first-order valence-electron chi connectivity index (χ1n) is 8.81. The number of pyridine rings is 1. The Morgan fingerprint density at radius 2 is 1.71 bits per heavy atom. The maximum absolute atomic E-state index is 14.4. The first-order valence-corrected chi connectivity index (χ1v) is 10.8. The zero-order chi connectivity index (χ0) is 22.8. The van der Waals surface area contributed by atoms with Crippen molar-refractivity contribution in [3.05, 3.63) is 100 Å². The quantitative estimate of drug-likeness (QED) is 0.165. The van der Waals surface area contributed by atoms with Crippen LogP contribution in [0.3, 0.4) is 0 Å². The Labute approximate surface area is 200 Å². The predicted octanol–water partition coefficient (Wildman–Crippen LogP) is 6.15. The van der Waals surface area contributed by atoms with Gasteiger partial charge in [-0.1, -0.05) is 64.5 Å².